The van der Waals surface area contributed by atoms with Crippen LogP contribution >= 0.6 is 43.2 Å². The Morgan fingerprint density at radius 3 is 2.56 bits per heavy atom. The fraction of sp³-hybridized carbons (Fsp3) is 0.286. The highest BCUT2D eigenvalue weighted by atomic mass is 79.9. The van der Waals surface area contributed by atoms with Crippen molar-refractivity contribution in [1.82, 2.24) is 0 Å². The smallest absolute Gasteiger partial charge is 0.120 e. The van der Waals surface area contributed by atoms with Crippen molar-refractivity contribution < 1.29 is 4.74 Å². The molecule has 1 nitrogen and oxygen atoms in total. The van der Waals surface area contributed by atoms with Crippen LogP contribution in [0.15, 0.2) is 40.2 Å². The molecule has 0 saturated heterocycles. The molecule has 0 spiro atoms. The molecule has 0 aliphatic carbocycles. The van der Waals surface area contributed by atoms with E-state index >= 15 is 0 Å². The number of hydrogen-bond acceptors (Lipinski definition) is 2. The first-order valence-corrected chi connectivity index (χ1v) is 8.24. The van der Waals surface area contributed by atoms with E-state index in [-0.39, 0.29) is 10.9 Å². The summed E-state index contributed by atoms with van der Waals surface area (Å²) in [5, 5.41) is 0. The van der Waals surface area contributed by atoms with Crippen molar-refractivity contribution in [2.45, 2.75) is 24.8 Å². The van der Waals surface area contributed by atoms with Gasteiger partial charge in [0.2, 0.25) is 0 Å². The minimum atomic E-state index is 0.199. The van der Waals surface area contributed by atoms with Crippen molar-refractivity contribution in [1.29, 1.82) is 0 Å². The highest BCUT2D eigenvalue weighted by Gasteiger charge is 2.13. The molecule has 2 aromatic rings. The Balaban J connectivity index is 2.22. The van der Waals surface area contributed by atoms with Crippen molar-refractivity contribution in [2.24, 2.45) is 0 Å². The van der Waals surface area contributed by atoms with Gasteiger partial charge in [-0.2, -0.15) is 0 Å². The van der Waals surface area contributed by atoms with E-state index in [0.29, 0.717) is 0 Å². The number of thiophene rings is 1. The van der Waals surface area contributed by atoms with Crippen molar-refractivity contribution in [3.05, 3.63) is 50.6 Å². The predicted octanol–water partition coefficient (Wildman–Crippen LogP) is 5.78. The lowest BCUT2D eigenvalue weighted by atomic mass is 10.1. The highest BCUT2D eigenvalue weighted by molar-refractivity contribution is 9.11. The Hall–Kier alpha value is -0.320. The summed E-state index contributed by atoms with van der Waals surface area (Å²) in [5.74, 6) is 0.919. The first-order chi connectivity index (χ1) is 8.56. The van der Waals surface area contributed by atoms with Crippen LogP contribution < -0.4 is 4.74 Å². The molecular weight excluding hydrogens is 376 g/mol. The largest absolute Gasteiger partial charge is 0.491 e. The van der Waals surface area contributed by atoms with Gasteiger partial charge in [0.05, 0.1) is 14.7 Å². The van der Waals surface area contributed by atoms with Crippen LogP contribution in [0.4, 0.5) is 0 Å². The average Bonchev–Trinajstić information content (AvgIpc) is 2.74. The van der Waals surface area contributed by atoms with Crippen LogP contribution in [0.1, 0.15) is 29.1 Å². The van der Waals surface area contributed by atoms with E-state index in [9.17, 15) is 0 Å². The van der Waals surface area contributed by atoms with E-state index in [1.807, 2.05) is 26.0 Å². The fourth-order valence-electron chi connectivity index (χ4n) is 1.65. The van der Waals surface area contributed by atoms with Crippen molar-refractivity contribution >= 4 is 43.2 Å². The summed E-state index contributed by atoms with van der Waals surface area (Å²) in [6, 6.07) is 12.4. The van der Waals surface area contributed by atoms with E-state index in [1.54, 1.807) is 11.3 Å². The second-order valence-corrected chi connectivity index (χ2v) is 7.65. The summed E-state index contributed by atoms with van der Waals surface area (Å²) in [6.07, 6.45) is 0.199. The first-order valence-electron chi connectivity index (χ1n) is 5.72. The quantitative estimate of drug-likeness (QED) is 0.602. The Kier molecular flexibility index (Phi) is 4.87. The Morgan fingerprint density at radius 2 is 1.94 bits per heavy atom. The highest BCUT2D eigenvalue weighted by Crippen LogP contribution is 2.37. The van der Waals surface area contributed by atoms with Crippen LogP contribution in [0.5, 0.6) is 5.75 Å². The van der Waals surface area contributed by atoms with Crippen molar-refractivity contribution in [3.8, 4) is 5.75 Å². The van der Waals surface area contributed by atoms with E-state index < -0.39 is 0 Å². The number of ether oxygens (including phenoxy) is 1. The van der Waals surface area contributed by atoms with Gasteiger partial charge in [0.1, 0.15) is 5.75 Å². The molecule has 0 N–H and O–H groups in total. The van der Waals surface area contributed by atoms with Crippen LogP contribution in [0.3, 0.4) is 0 Å². The molecule has 0 bridgehead atoms. The molecule has 0 saturated carbocycles. The molecule has 0 aliphatic heterocycles. The summed E-state index contributed by atoms with van der Waals surface area (Å²) < 4.78 is 6.87. The molecule has 0 radical (unpaired) electrons. The van der Waals surface area contributed by atoms with Gasteiger partial charge in [-0.15, -0.1) is 11.3 Å². The zero-order valence-corrected chi connectivity index (χ0v) is 14.2. The third-order valence-corrected chi connectivity index (χ3v) is 5.38. The molecule has 1 heterocycles. The second-order valence-electron chi connectivity index (χ2n) is 4.24. The Labute approximate surface area is 128 Å². The van der Waals surface area contributed by atoms with E-state index in [0.717, 1.165) is 9.54 Å². The summed E-state index contributed by atoms with van der Waals surface area (Å²) in [7, 11) is 0. The number of halogens is 2. The molecular formula is C14H14Br2OS. The predicted molar refractivity (Wildman–Crippen MR) is 85.0 cm³/mol. The number of alkyl halides is 1. The van der Waals surface area contributed by atoms with Gasteiger partial charge in [0, 0.05) is 4.88 Å². The average molecular weight is 390 g/mol. The fourth-order valence-corrected chi connectivity index (χ4v) is 3.79. The normalized spacial score (nSPS) is 12.7. The number of benzene rings is 1. The maximum atomic E-state index is 5.72. The van der Waals surface area contributed by atoms with Gasteiger partial charge < -0.3 is 4.74 Å². The molecule has 0 amide bonds. The SMILES string of the molecule is CC(C)Oc1cccc(C(Br)c2ccc(Br)s2)c1. The molecule has 96 valence electrons. The molecule has 4 heteroatoms. The van der Waals surface area contributed by atoms with Crippen molar-refractivity contribution in [3.63, 3.8) is 0 Å². The molecule has 1 atom stereocenters. The van der Waals surface area contributed by atoms with E-state index in [4.69, 9.17) is 4.74 Å². The summed E-state index contributed by atoms with van der Waals surface area (Å²) >= 11 is 8.97. The molecule has 0 fully saturated rings. The van der Waals surface area contributed by atoms with Crippen LogP contribution in [-0.4, -0.2) is 6.10 Å². The molecule has 18 heavy (non-hydrogen) atoms. The minimum Gasteiger partial charge on any atom is -0.491 e. The lowest BCUT2D eigenvalue weighted by molar-refractivity contribution is 0.242. The van der Waals surface area contributed by atoms with Crippen LogP contribution in [-0.2, 0) is 0 Å². The van der Waals surface area contributed by atoms with Gasteiger partial charge in [-0.25, -0.2) is 0 Å². The third-order valence-electron chi connectivity index (χ3n) is 2.37. The number of hydrogen-bond donors (Lipinski definition) is 0. The van der Waals surface area contributed by atoms with Crippen LogP contribution in [0, 0.1) is 0 Å². The minimum absolute atomic E-state index is 0.199. The van der Waals surface area contributed by atoms with E-state index in [2.05, 4.69) is 56.1 Å². The maximum Gasteiger partial charge on any atom is 0.120 e. The Morgan fingerprint density at radius 1 is 1.17 bits per heavy atom. The van der Waals surface area contributed by atoms with E-state index in [1.165, 1.54) is 10.4 Å². The number of rotatable bonds is 4. The molecule has 2 rings (SSSR count). The van der Waals surface area contributed by atoms with Crippen molar-refractivity contribution in [2.75, 3.05) is 0 Å². The first kappa shape index (κ1) is 14.1. The zero-order valence-electron chi connectivity index (χ0n) is 10.2. The monoisotopic (exact) mass is 388 g/mol. The lowest BCUT2D eigenvalue weighted by Gasteiger charge is -2.13. The van der Waals surface area contributed by atoms with Crippen LogP contribution in [0.2, 0.25) is 0 Å². The molecule has 1 aromatic carbocycles. The molecule has 1 unspecified atom stereocenters. The van der Waals surface area contributed by atoms with Gasteiger partial charge >= 0.3 is 0 Å². The third kappa shape index (κ3) is 3.59. The van der Waals surface area contributed by atoms with Gasteiger partial charge in [-0.05, 0) is 59.6 Å². The lowest BCUT2D eigenvalue weighted by Crippen LogP contribution is -2.05. The zero-order chi connectivity index (χ0) is 13.1. The molecule has 0 aliphatic rings. The van der Waals surface area contributed by atoms with Gasteiger partial charge in [0.15, 0.2) is 0 Å². The van der Waals surface area contributed by atoms with Gasteiger partial charge in [0.25, 0.3) is 0 Å². The standard InChI is InChI=1S/C14H14Br2OS/c1-9(2)17-11-5-3-4-10(8-11)14(16)12-6-7-13(15)18-12/h3-9,14H,1-2H3. The Bertz CT molecular complexity index is 522. The second kappa shape index (κ2) is 6.22. The van der Waals surface area contributed by atoms with Gasteiger partial charge in [-0.3, -0.25) is 0 Å². The van der Waals surface area contributed by atoms with Crippen LogP contribution in [0.25, 0.3) is 0 Å². The van der Waals surface area contributed by atoms with Gasteiger partial charge in [-0.1, -0.05) is 28.1 Å². The summed E-state index contributed by atoms with van der Waals surface area (Å²) in [6.45, 7) is 4.07. The molecule has 1 aromatic heterocycles. The summed E-state index contributed by atoms with van der Waals surface area (Å²) in [5.41, 5.74) is 1.21. The topological polar surface area (TPSA) is 9.23 Å². The summed E-state index contributed by atoms with van der Waals surface area (Å²) in [4.78, 5) is 1.49. The maximum absolute atomic E-state index is 5.72.